The zero-order valence-electron chi connectivity index (χ0n) is 15.2. The van der Waals surface area contributed by atoms with Crippen LogP contribution in [-0.4, -0.2) is 33.1 Å². The minimum atomic E-state index is -0.472. The Labute approximate surface area is 171 Å². The molecule has 3 aromatic rings. The third kappa shape index (κ3) is 3.53. The summed E-state index contributed by atoms with van der Waals surface area (Å²) in [6, 6.07) is 14.5. The van der Waals surface area contributed by atoms with E-state index >= 15 is 0 Å². The number of methoxy groups -OCH3 is 1. The topological polar surface area (TPSA) is 81.1 Å². The Kier molecular flexibility index (Phi) is 5.15. The Morgan fingerprint density at radius 3 is 2.68 bits per heavy atom. The fourth-order valence-electron chi connectivity index (χ4n) is 2.99. The van der Waals surface area contributed by atoms with Gasteiger partial charge in [-0.1, -0.05) is 47.6 Å². The van der Waals surface area contributed by atoms with Crippen molar-refractivity contribution in [3.8, 4) is 5.75 Å². The molecular weight excluding hydrogens is 398 g/mol. The van der Waals surface area contributed by atoms with Crippen molar-refractivity contribution >= 4 is 35.0 Å². The van der Waals surface area contributed by atoms with Crippen LogP contribution in [0.5, 0.6) is 5.75 Å². The predicted octanol–water partition coefficient (Wildman–Crippen LogP) is 3.65. The second-order valence-electron chi connectivity index (χ2n) is 6.25. The Balaban J connectivity index is 1.67. The van der Waals surface area contributed by atoms with Crippen LogP contribution in [0.2, 0.25) is 5.02 Å². The fraction of sp³-hybridized carbons (Fsp3) is 0.211. The summed E-state index contributed by atoms with van der Waals surface area (Å²) in [5, 5.41) is 11.8. The molecule has 9 heteroatoms. The van der Waals surface area contributed by atoms with E-state index in [2.05, 4.69) is 20.9 Å². The summed E-state index contributed by atoms with van der Waals surface area (Å²) in [4.78, 5) is 13.1. The summed E-state index contributed by atoms with van der Waals surface area (Å²) in [6.45, 7) is 1.86. The van der Waals surface area contributed by atoms with E-state index in [1.54, 1.807) is 23.9 Å². The SMILES string of the molecule is COc1ccc([C@@H]2Nn3c(C)nnc3S[C@@H]2C(=O)Nc2ccccc2Cl)cc1. The molecule has 0 saturated carbocycles. The van der Waals surface area contributed by atoms with Crippen LogP contribution in [0.1, 0.15) is 17.4 Å². The molecule has 144 valence electrons. The Bertz CT molecular complexity index is 1010. The molecule has 1 aliphatic heterocycles. The summed E-state index contributed by atoms with van der Waals surface area (Å²) in [7, 11) is 1.62. The first-order valence-electron chi connectivity index (χ1n) is 8.61. The molecule has 28 heavy (non-hydrogen) atoms. The number of nitrogens with zero attached hydrogens (tertiary/aromatic N) is 3. The van der Waals surface area contributed by atoms with Crippen LogP contribution in [0.25, 0.3) is 0 Å². The van der Waals surface area contributed by atoms with Gasteiger partial charge in [0.05, 0.1) is 23.9 Å². The van der Waals surface area contributed by atoms with Crippen molar-refractivity contribution in [2.75, 3.05) is 17.9 Å². The van der Waals surface area contributed by atoms with Crippen molar-refractivity contribution in [2.45, 2.75) is 23.4 Å². The molecular formula is C19H18ClN5O2S. The smallest absolute Gasteiger partial charge is 0.240 e. The number of thioether (sulfide) groups is 1. The number of para-hydroxylation sites is 1. The summed E-state index contributed by atoms with van der Waals surface area (Å²) in [5.74, 6) is 1.31. The van der Waals surface area contributed by atoms with Gasteiger partial charge in [0, 0.05) is 0 Å². The number of carbonyl (C=O) groups is 1. The van der Waals surface area contributed by atoms with Gasteiger partial charge in [0.1, 0.15) is 16.8 Å². The van der Waals surface area contributed by atoms with Gasteiger partial charge < -0.3 is 15.5 Å². The first-order valence-corrected chi connectivity index (χ1v) is 9.87. The van der Waals surface area contributed by atoms with Gasteiger partial charge in [-0.2, -0.15) is 0 Å². The number of hydrogen-bond donors (Lipinski definition) is 2. The number of fused-ring (bicyclic) bond motifs is 1. The van der Waals surface area contributed by atoms with E-state index in [4.69, 9.17) is 16.3 Å². The van der Waals surface area contributed by atoms with Crippen molar-refractivity contribution in [1.82, 2.24) is 14.9 Å². The van der Waals surface area contributed by atoms with Crippen molar-refractivity contribution in [3.63, 3.8) is 0 Å². The van der Waals surface area contributed by atoms with Crippen LogP contribution in [-0.2, 0) is 4.79 Å². The van der Waals surface area contributed by atoms with E-state index in [-0.39, 0.29) is 11.9 Å². The number of amides is 1. The van der Waals surface area contributed by atoms with Crippen molar-refractivity contribution < 1.29 is 9.53 Å². The van der Waals surface area contributed by atoms with E-state index in [0.717, 1.165) is 17.1 Å². The molecule has 0 bridgehead atoms. The maximum Gasteiger partial charge on any atom is 0.240 e. The third-order valence-electron chi connectivity index (χ3n) is 4.46. The Morgan fingerprint density at radius 1 is 1.21 bits per heavy atom. The number of aromatic nitrogens is 3. The number of anilines is 1. The van der Waals surface area contributed by atoms with Gasteiger partial charge in [0.25, 0.3) is 0 Å². The number of aryl methyl sites for hydroxylation is 1. The molecule has 0 unspecified atom stereocenters. The van der Waals surface area contributed by atoms with Gasteiger partial charge in [0.15, 0.2) is 0 Å². The molecule has 2 aromatic carbocycles. The molecule has 7 nitrogen and oxygen atoms in total. The molecule has 1 amide bonds. The zero-order chi connectivity index (χ0) is 19.7. The summed E-state index contributed by atoms with van der Waals surface area (Å²) in [5.41, 5.74) is 4.89. The van der Waals surface area contributed by atoms with E-state index in [9.17, 15) is 4.79 Å². The number of rotatable bonds is 4. The monoisotopic (exact) mass is 415 g/mol. The van der Waals surface area contributed by atoms with Crippen LogP contribution in [0.4, 0.5) is 5.69 Å². The first-order chi connectivity index (χ1) is 13.6. The van der Waals surface area contributed by atoms with Gasteiger partial charge in [-0.05, 0) is 36.8 Å². The number of carbonyl (C=O) groups excluding carboxylic acids is 1. The van der Waals surface area contributed by atoms with Crippen molar-refractivity contribution in [1.29, 1.82) is 0 Å². The molecule has 0 saturated heterocycles. The van der Waals surface area contributed by atoms with Gasteiger partial charge >= 0.3 is 0 Å². The summed E-state index contributed by atoms with van der Waals surface area (Å²) in [6.07, 6.45) is 0. The minimum Gasteiger partial charge on any atom is -0.497 e. The molecule has 4 rings (SSSR count). The molecule has 0 spiro atoms. The van der Waals surface area contributed by atoms with Crippen molar-refractivity contribution in [2.24, 2.45) is 0 Å². The Hall–Kier alpha value is -2.71. The zero-order valence-corrected chi connectivity index (χ0v) is 16.8. The van der Waals surface area contributed by atoms with Crippen LogP contribution in [0, 0.1) is 6.92 Å². The molecule has 2 heterocycles. The van der Waals surface area contributed by atoms with E-state index in [1.807, 2.05) is 43.3 Å². The number of ether oxygens (including phenoxy) is 1. The number of nitrogens with one attached hydrogen (secondary N) is 2. The van der Waals surface area contributed by atoms with E-state index < -0.39 is 5.25 Å². The molecule has 0 aliphatic carbocycles. The lowest BCUT2D eigenvalue weighted by atomic mass is 10.0. The molecule has 1 aromatic heterocycles. The highest BCUT2D eigenvalue weighted by atomic mass is 35.5. The van der Waals surface area contributed by atoms with Gasteiger partial charge in [-0.15, -0.1) is 10.2 Å². The number of hydrogen-bond acceptors (Lipinski definition) is 6. The van der Waals surface area contributed by atoms with E-state index in [1.165, 1.54) is 11.8 Å². The maximum atomic E-state index is 13.1. The van der Waals surface area contributed by atoms with Gasteiger partial charge in [-0.3, -0.25) is 4.79 Å². The standard InChI is InChI=1S/C19H18ClN5O2S/c1-11-22-23-19-25(11)24-16(12-7-9-13(27-2)10-8-12)17(28-19)18(26)21-15-6-4-3-5-14(15)20/h3-10,16-17,24H,1-2H3,(H,21,26)/t16-,17-/m0/s1. The second kappa shape index (κ2) is 7.73. The number of benzene rings is 2. The van der Waals surface area contributed by atoms with Gasteiger partial charge in [0.2, 0.25) is 11.1 Å². The predicted molar refractivity (Wildman–Crippen MR) is 110 cm³/mol. The van der Waals surface area contributed by atoms with Crippen molar-refractivity contribution in [3.05, 3.63) is 64.9 Å². The lowest BCUT2D eigenvalue weighted by molar-refractivity contribution is -0.116. The van der Waals surface area contributed by atoms with Gasteiger partial charge in [-0.25, -0.2) is 4.68 Å². The normalized spacial score (nSPS) is 18.1. The lowest BCUT2D eigenvalue weighted by Crippen LogP contribution is -2.41. The second-order valence-corrected chi connectivity index (χ2v) is 7.77. The molecule has 1 aliphatic rings. The van der Waals surface area contributed by atoms with Crippen LogP contribution in [0.15, 0.2) is 53.7 Å². The van der Waals surface area contributed by atoms with Crippen LogP contribution >= 0.6 is 23.4 Å². The Morgan fingerprint density at radius 2 is 1.96 bits per heavy atom. The molecule has 2 N–H and O–H groups in total. The number of halogens is 1. The third-order valence-corrected chi connectivity index (χ3v) is 6.01. The lowest BCUT2D eigenvalue weighted by Gasteiger charge is -2.32. The van der Waals surface area contributed by atoms with Crippen LogP contribution < -0.4 is 15.5 Å². The molecule has 0 radical (unpaired) electrons. The highest BCUT2D eigenvalue weighted by Gasteiger charge is 2.37. The highest BCUT2D eigenvalue weighted by molar-refractivity contribution is 8.00. The quantitative estimate of drug-likeness (QED) is 0.677. The molecule has 2 atom stereocenters. The largest absolute Gasteiger partial charge is 0.497 e. The molecule has 0 fully saturated rings. The average molecular weight is 416 g/mol. The maximum absolute atomic E-state index is 13.1. The average Bonchev–Trinajstić information content (AvgIpc) is 3.09. The highest BCUT2D eigenvalue weighted by Crippen LogP contribution is 2.38. The summed E-state index contributed by atoms with van der Waals surface area (Å²) >= 11 is 7.57. The fourth-order valence-corrected chi connectivity index (χ4v) is 4.30. The first kappa shape index (κ1) is 18.6. The van der Waals surface area contributed by atoms with Crippen LogP contribution in [0.3, 0.4) is 0 Å². The summed E-state index contributed by atoms with van der Waals surface area (Å²) < 4.78 is 7.05. The minimum absolute atomic E-state index is 0.168. The van der Waals surface area contributed by atoms with E-state index in [0.29, 0.717) is 15.9 Å².